The van der Waals surface area contributed by atoms with Crippen molar-refractivity contribution in [3.8, 4) is 0 Å². The van der Waals surface area contributed by atoms with E-state index in [0.29, 0.717) is 17.2 Å². The van der Waals surface area contributed by atoms with Gasteiger partial charge in [0.05, 0.1) is 12.2 Å². The summed E-state index contributed by atoms with van der Waals surface area (Å²) in [5.74, 6) is -1.46. The Morgan fingerprint density at radius 3 is 2.68 bits per heavy atom. The standard InChI is InChI=1S/C23H24FN7O3/c1-29-12-19(28-13-29)30(2)22(33)20-17(9-14-6-7-26-18(25)10-14)21(32)31(20)23(34)27-11-15-4-3-5-16(24)8-15/h3-8,10,12-13,17,20H,9,11H2,1-2H3,(H2,25,26)(H,27,34)/t17-,20+/m1/s1. The third kappa shape index (κ3) is 4.58. The Bertz CT molecular complexity index is 1240. The molecule has 4 amide bonds. The number of hydrogen-bond donors (Lipinski definition) is 2. The molecule has 0 saturated carbocycles. The van der Waals surface area contributed by atoms with E-state index in [9.17, 15) is 18.8 Å². The number of halogens is 1. The average Bonchev–Trinajstić information content (AvgIpc) is 3.24. The molecule has 3 N–H and O–H groups in total. The second-order valence-electron chi connectivity index (χ2n) is 8.14. The summed E-state index contributed by atoms with van der Waals surface area (Å²) in [4.78, 5) is 49.7. The van der Waals surface area contributed by atoms with Gasteiger partial charge in [-0.05, 0) is 41.8 Å². The van der Waals surface area contributed by atoms with Crippen LogP contribution in [0.5, 0.6) is 0 Å². The highest BCUT2D eigenvalue weighted by atomic mass is 19.1. The molecule has 1 saturated heterocycles. The van der Waals surface area contributed by atoms with Gasteiger partial charge < -0.3 is 15.6 Å². The number of benzene rings is 1. The van der Waals surface area contributed by atoms with Crippen LogP contribution in [0.1, 0.15) is 11.1 Å². The van der Waals surface area contributed by atoms with Crippen LogP contribution in [0.15, 0.2) is 55.1 Å². The number of hydrogen-bond acceptors (Lipinski definition) is 6. The zero-order valence-corrected chi connectivity index (χ0v) is 18.7. The normalized spacial score (nSPS) is 17.3. The van der Waals surface area contributed by atoms with Gasteiger partial charge in [-0.15, -0.1) is 0 Å². The van der Waals surface area contributed by atoms with Gasteiger partial charge in [0.1, 0.15) is 17.7 Å². The number of β-lactam (4-membered cyclic amide) rings is 1. The van der Waals surface area contributed by atoms with E-state index in [1.165, 1.54) is 36.3 Å². The number of anilines is 2. The number of nitrogens with zero attached hydrogens (tertiary/aromatic N) is 5. The molecule has 0 radical (unpaired) electrons. The minimum Gasteiger partial charge on any atom is -0.384 e. The molecule has 176 valence electrons. The molecule has 2 aromatic heterocycles. The first-order valence-electron chi connectivity index (χ1n) is 10.6. The highest BCUT2D eigenvalue weighted by Gasteiger charge is 2.55. The van der Waals surface area contributed by atoms with Crippen LogP contribution in [0.2, 0.25) is 0 Å². The maximum atomic E-state index is 13.4. The van der Waals surface area contributed by atoms with Crippen molar-refractivity contribution in [2.24, 2.45) is 13.0 Å². The number of imidazole rings is 1. The third-order valence-corrected chi connectivity index (χ3v) is 5.69. The number of nitrogen functional groups attached to an aromatic ring is 1. The summed E-state index contributed by atoms with van der Waals surface area (Å²) in [6.07, 6.45) is 4.94. The summed E-state index contributed by atoms with van der Waals surface area (Å²) in [6.45, 7) is 0.00290. The molecular formula is C23H24FN7O3. The number of aryl methyl sites for hydroxylation is 1. The molecule has 0 spiro atoms. The molecule has 1 aromatic carbocycles. The van der Waals surface area contributed by atoms with Crippen molar-refractivity contribution in [3.63, 3.8) is 0 Å². The lowest BCUT2D eigenvalue weighted by Gasteiger charge is -2.45. The van der Waals surface area contributed by atoms with E-state index < -0.39 is 35.6 Å². The average molecular weight is 465 g/mol. The Hall–Kier alpha value is -4.28. The minimum absolute atomic E-state index is 0.00290. The van der Waals surface area contributed by atoms with Gasteiger partial charge in [-0.3, -0.25) is 19.4 Å². The molecule has 1 aliphatic heterocycles. The Balaban J connectivity index is 1.55. The summed E-state index contributed by atoms with van der Waals surface area (Å²) >= 11 is 0. The number of aromatic nitrogens is 3. The summed E-state index contributed by atoms with van der Waals surface area (Å²) in [5, 5.41) is 2.60. The fourth-order valence-corrected chi connectivity index (χ4v) is 3.93. The van der Waals surface area contributed by atoms with Gasteiger partial charge in [0.25, 0.3) is 5.91 Å². The molecule has 1 aliphatic rings. The summed E-state index contributed by atoms with van der Waals surface area (Å²) in [7, 11) is 3.31. The van der Waals surface area contributed by atoms with Crippen LogP contribution in [0.3, 0.4) is 0 Å². The van der Waals surface area contributed by atoms with Crippen molar-refractivity contribution < 1.29 is 18.8 Å². The highest BCUT2D eigenvalue weighted by molar-refractivity contribution is 6.12. The third-order valence-electron chi connectivity index (χ3n) is 5.69. The van der Waals surface area contributed by atoms with Crippen molar-refractivity contribution in [3.05, 3.63) is 72.1 Å². The number of urea groups is 1. The van der Waals surface area contributed by atoms with Crippen molar-refractivity contribution in [2.75, 3.05) is 17.7 Å². The minimum atomic E-state index is -1.04. The Labute approximate surface area is 195 Å². The van der Waals surface area contributed by atoms with E-state index in [1.54, 1.807) is 42.3 Å². The second kappa shape index (κ2) is 9.30. The molecule has 0 bridgehead atoms. The van der Waals surface area contributed by atoms with Gasteiger partial charge in [-0.25, -0.2) is 19.2 Å². The van der Waals surface area contributed by atoms with Crippen molar-refractivity contribution in [2.45, 2.75) is 19.0 Å². The molecule has 1 fully saturated rings. The Morgan fingerprint density at radius 2 is 2.00 bits per heavy atom. The van der Waals surface area contributed by atoms with Gasteiger partial charge in [0.15, 0.2) is 5.82 Å². The number of carbonyl (C=O) groups is 3. The van der Waals surface area contributed by atoms with Gasteiger partial charge in [-0.1, -0.05) is 12.1 Å². The van der Waals surface area contributed by atoms with Crippen LogP contribution >= 0.6 is 0 Å². The molecule has 34 heavy (non-hydrogen) atoms. The predicted molar refractivity (Wildman–Crippen MR) is 122 cm³/mol. The second-order valence-corrected chi connectivity index (χ2v) is 8.14. The van der Waals surface area contributed by atoms with Crippen molar-refractivity contribution in [1.82, 2.24) is 24.8 Å². The first-order chi connectivity index (χ1) is 16.2. The van der Waals surface area contributed by atoms with Gasteiger partial charge in [-0.2, -0.15) is 0 Å². The number of nitrogens with one attached hydrogen (secondary N) is 1. The highest BCUT2D eigenvalue weighted by Crippen LogP contribution is 2.32. The first kappa shape index (κ1) is 22.9. The van der Waals surface area contributed by atoms with Crippen molar-refractivity contribution >= 4 is 29.5 Å². The number of likely N-dealkylation sites (tertiary alicyclic amines) is 1. The number of likely N-dealkylation sites (N-methyl/N-ethyl adjacent to an activating group) is 1. The summed E-state index contributed by atoms with van der Waals surface area (Å²) < 4.78 is 15.1. The van der Waals surface area contributed by atoms with Crippen LogP contribution in [-0.2, 0) is 29.6 Å². The Kier molecular flexibility index (Phi) is 6.26. The molecule has 3 aromatic rings. The molecule has 3 heterocycles. The monoisotopic (exact) mass is 465 g/mol. The molecule has 2 atom stereocenters. The lowest BCUT2D eigenvalue weighted by atomic mass is 9.81. The molecule has 0 aliphatic carbocycles. The van der Waals surface area contributed by atoms with Crippen LogP contribution in [0, 0.1) is 11.7 Å². The topological polar surface area (TPSA) is 126 Å². The number of rotatable bonds is 6. The van der Waals surface area contributed by atoms with E-state index in [-0.39, 0.29) is 13.0 Å². The van der Waals surface area contributed by atoms with Crippen LogP contribution in [0.4, 0.5) is 20.8 Å². The fraction of sp³-hybridized carbons (Fsp3) is 0.261. The largest absolute Gasteiger partial charge is 0.384 e. The summed E-state index contributed by atoms with van der Waals surface area (Å²) in [5.41, 5.74) is 7.00. The quantitative estimate of drug-likeness (QED) is 0.531. The SMILES string of the molecule is CN(C(=O)[C@@H]1[C@@H](Cc2ccnc(N)c2)C(=O)N1C(=O)NCc1cccc(F)c1)c1cn(C)cn1. The van der Waals surface area contributed by atoms with Crippen LogP contribution < -0.4 is 16.0 Å². The zero-order valence-electron chi connectivity index (χ0n) is 18.7. The lowest BCUT2D eigenvalue weighted by molar-refractivity contribution is -0.156. The van der Waals surface area contributed by atoms with E-state index >= 15 is 0 Å². The Morgan fingerprint density at radius 1 is 1.21 bits per heavy atom. The number of nitrogens with two attached hydrogens (primary N) is 1. The van der Waals surface area contributed by atoms with Crippen LogP contribution in [0.25, 0.3) is 0 Å². The molecule has 11 heteroatoms. The van der Waals surface area contributed by atoms with E-state index in [1.807, 2.05) is 0 Å². The molecular weight excluding hydrogens is 441 g/mol. The zero-order chi connectivity index (χ0) is 24.4. The van der Waals surface area contributed by atoms with E-state index in [4.69, 9.17) is 5.73 Å². The van der Waals surface area contributed by atoms with E-state index in [2.05, 4.69) is 15.3 Å². The number of imide groups is 1. The number of pyridine rings is 1. The summed E-state index contributed by atoms with van der Waals surface area (Å²) in [6, 6.07) is 7.32. The number of amides is 4. The molecule has 4 rings (SSSR count). The lowest BCUT2D eigenvalue weighted by Crippen LogP contribution is -2.70. The molecule has 0 unspecified atom stereocenters. The van der Waals surface area contributed by atoms with Gasteiger partial charge >= 0.3 is 6.03 Å². The smallest absolute Gasteiger partial charge is 0.325 e. The van der Waals surface area contributed by atoms with Crippen molar-refractivity contribution in [1.29, 1.82) is 0 Å². The molecule has 10 nitrogen and oxygen atoms in total. The maximum Gasteiger partial charge on any atom is 0.325 e. The fourth-order valence-electron chi connectivity index (χ4n) is 3.93. The predicted octanol–water partition coefficient (Wildman–Crippen LogP) is 1.48. The van der Waals surface area contributed by atoms with Crippen LogP contribution in [-0.4, -0.2) is 50.4 Å². The van der Waals surface area contributed by atoms with Gasteiger partial charge in [0.2, 0.25) is 5.91 Å². The van der Waals surface area contributed by atoms with Gasteiger partial charge in [0, 0.05) is 33.0 Å². The van der Waals surface area contributed by atoms with E-state index in [0.717, 1.165) is 10.5 Å². The maximum absolute atomic E-state index is 13.4. The number of carbonyl (C=O) groups excluding carboxylic acids is 3. The first-order valence-corrected chi connectivity index (χ1v) is 10.6.